The predicted octanol–water partition coefficient (Wildman–Crippen LogP) is 3.98. The topological polar surface area (TPSA) is 0 Å². The third-order valence-corrected chi connectivity index (χ3v) is 3.37. The van der Waals surface area contributed by atoms with Crippen molar-refractivity contribution in [1.82, 2.24) is 0 Å². The molecule has 0 spiro atoms. The van der Waals surface area contributed by atoms with E-state index >= 15 is 0 Å². The van der Waals surface area contributed by atoms with Crippen LogP contribution in [0.15, 0.2) is 30.3 Å². The van der Waals surface area contributed by atoms with Crippen LogP contribution in [0.25, 0.3) is 0 Å². The van der Waals surface area contributed by atoms with Gasteiger partial charge in [-0.15, -0.1) is 0 Å². The van der Waals surface area contributed by atoms with Crippen LogP contribution in [0.5, 0.6) is 0 Å². The van der Waals surface area contributed by atoms with E-state index in [1.807, 2.05) is 0 Å². The quantitative estimate of drug-likeness (QED) is 0.650. The molecule has 0 heteroatoms. The minimum atomic E-state index is 0.621. The molecule has 2 atom stereocenters. The predicted molar refractivity (Wildman–Crippen MR) is 56.8 cm³/mol. The van der Waals surface area contributed by atoms with Crippen molar-refractivity contribution in [3.8, 4) is 0 Å². The summed E-state index contributed by atoms with van der Waals surface area (Å²) in [6.07, 6.45) is 4.09. The summed E-state index contributed by atoms with van der Waals surface area (Å²) in [6.45, 7) is 4.71. The van der Waals surface area contributed by atoms with E-state index in [9.17, 15) is 0 Å². The molecule has 0 N–H and O–H groups in total. The first-order valence-corrected chi connectivity index (χ1v) is 5.31. The van der Waals surface area contributed by atoms with Crippen molar-refractivity contribution in [1.29, 1.82) is 0 Å². The minimum absolute atomic E-state index is 0.621. The van der Waals surface area contributed by atoms with Crippen LogP contribution < -0.4 is 0 Å². The van der Waals surface area contributed by atoms with E-state index in [-0.39, 0.29) is 0 Å². The molecule has 1 fully saturated rings. The summed E-state index contributed by atoms with van der Waals surface area (Å²) in [6, 6.07) is 10.9. The molecule has 0 amide bonds. The van der Waals surface area contributed by atoms with Gasteiger partial charge in [-0.2, -0.15) is 0 Å². The summed E-state index contributed by atoms with van der Waals surface area (Å²) < 4.78 is 0. The Morgan fingerprint density at radius 2 is 2.00 bits per heavy atom. The normalized spacial score (nSPS) is 31.7. The van der Waals surface area contributed by atoms with Crippen LogP contribution >= 0.6 is 0 Å². The van der Waals surface area contributed by atoms with Gasteiger partial charge in [0.05, 0.1) is 0 Å². The average molecular weight is 174 g/mol. The lowest BCUT2D eigenvalue weighted by molar-refractivity contribution is 0.491. The summed E-state index contributed by atoms with van der Waals surface area (Å²) in [5.41, 5.74) is 2.16. The van der Waals surface area contributed by atoms with Gasteiger partial charge >= 0.3 is 0 Å². The molecule has 1 unspecified atom stereocenters. The number of benzene rings is 1. The van der Waals surface area contributed by atoms with Gasteiger partial charge in [-0.05, 0) is 29.7 Å². The summed E-state index contributed by atoms with van der Waals surface area (Å²) in [5.74, 6) is 0.841. The molecule has 0 heterocycles. The van der Waals surface area contributed by atoms with E-state index < -0.39 is 0 Å². The molecule has 1 aliphatic rings. The molecule has 70 valence electrons. The smallest absolute Gasteiger partial charge is 0.0102 e. The number of rotatable bonds is 3. The molecule has 1 aromatic rings. The number of hydrogen-bond donors (Lipinski definition) is 0. The lowest BCUT2D eigenvalue weighted by atomic mass is 9.96. The van der Waals surface area contributed by atoms with Gasteiger partial charge in [0.25, 0.3) is 0 Å². The van der Waals surface area contributed by atoms with Crippen LogP contribution in [0.3, 0.4) is 0 Å². The van der Waals surface area contributed by atoms with Gasteiger partial charge in [0.1, 0.15) is 0 Å². The highest BCUT2D eigenvalue weighted by atomic mass is 14.5. The Morgan fingerprint density at radius 3 is 2.62 bits per heavy atom. The van der Waals surface area contributed by atoms with Crippen molar-refractivity contribution in [2.24, 2.45) is 5.41 Å². The van der Waals surface area contributed by atoms with Gasteiger partial charge in [0, 0.05) is 0 Å². The summed E-state index contributed by atoms with van der Waals surface area (Å²) in [4.78, 5) is 0. The zero-order chi connectivity index (χ0) is 9.31. The molecular formula is C13H18. The van der Waals surface area contributed by atoms with E-state index in [0.717, 1.165) is 5.92 Å². The Balaban J connectivity index is 2.07. The molecule has 0 radical (unpaired) electrons. The highest BCUT2D eigenvalue weighted by molar-refractivity contribution is 5.28. The van der Waals surface area contributed by atoms with Gasteiger partial charge in [-0.3, -0.25) is 0 Å². The fourth-order valence-corrected chi connectivity index (χ4v) is 2.46. The van der Waals surface area contributed by atoms with Crippen LogP contribution in [0, 0.1) is 5.41 Å². The van der Waals surface area contributed by atoms with Crippen molar-refractivity contribution in [3.63, 3.8) is 0 Å². The van der Waals surface area contributed by atoms with Gasteiger partial charge in [0.2, 0.25) is 0 Å². The Labute approximate surface area is 81.0 Å². The van der Waals surface area contributed by atoms with Crippen LogP contribution in [0.1, 0.15) is 44.6 Å². The molecule has 0 bridgehead atoms. The van der Waals surface area contributed by atoms with Gasteiger partial charge in [-0.25, -0.2) is 0 Å². The van der Waals surface area contributed by atoms with Gasteiger partial charge in [0.15, 0.2) is 0 Å². The summed E-state index contributed by atoms with van der Waals surface area (Å²) >= 11 is 0. The SMILES string of the molecule is CCCC1(C)C[C@@H]1c1ccccc1. The fraction of sp³-hybridized carbons (Fsp3) is 0.538. The first kappa shape index (κ1) is 8.80. The lowest BCUT2D eigenvalue weighted by Gasteiger charge is -2.08. The van der Waals surface area contributed by atoms with E-state index in [1.165, 1.54) is 19.3 Å². The first-order valence-electron chi connectivity index (χ1n) is 5.31. The van der Waals surface area contributed by atoms with Crippen LogP contribution in [0.4, 0.5) is 0 Å². The largest absolute Gasteiger partial charge is 0.0654 e. The first-order chi connectivity index (χ1) is 6.26. The molecule has 1 aromatic carbocycles. The zero-order valence-electron chi connectivity index (χ0n) is 8.59. The molecule has 0 saturated heterocycles. The third-order valence-electron chi connectivity index (χ3n) is 3.37. The van der Waals surface area contributed by atoms with Crippen molar-refractivity contribution in [3.05, 3.63) is 35.9 Å². The Kier molecular flexibility index (Phi) is 2.15. The van der Waals surface area contributed by atoms with E-state index in [2.05, 4.69) is 44.2 Å². The highest BCUT2D eigenvalue weighted by Crippen LogP contribution is 2.61. The second-order valence-corrected chi connectivity index (χ2v) is 4.57. The standard InChI is InChI=1S/C13H18/c1-3-9-13(2)10-12(13)11-7-5-4-6-8-11/h4-8,12H,3,9-10H2,1-2H3/t12-,13?/m1/s1. The second-order valence-electron chi connectivity index (χ2n) is 4.57. The molecule has 1 aliphatic carbocycles. The van der Waals surface area contributed by atoms with Gasteiger partial charge in [-0.1, -0.05) is 50.6 Å². The lowest BCUT2D eigenvalue weighted by Crippen LogP contribution is -1.96. The van der Waals surface area contributed by atoms with Gasteiger partial charge < -0.3 is 0 Å². The monoisotopic (exact) mass is 174 g/mol. The highest BCUT2D eigenvalue weighted by Gasteiger charge is 2.49. The van der Waals surface area contributed by atoms with Crippen LogP contribution in [-0.4, -0.2) is 0 Å². The molecule has 0 aromatic heterocycles. The Morgan fingerprint density at radius 1 is 1.31 bits per heavy atom. The van der Waals surface area contributed by atoms with Crippen molar-refractivity contribution in [2.45, 2.75) is 39.0 Å². The average Bonchev–Trinajstić information content (AvgIpc) is 2.80. The molecule has 2 rings (SSSR count). The number of hydrogen-bond acceptors (Lipinski definition) is 0. The van der Waals surface area contributed by atoms with Crippen molar-refractivity contribution < 1.29 is 0 Å². The summed E-state index contributed by atoms with van der Waals surface area (Å²) in [5, 5.41) is 0. The Bertz CT molecular complexity index is 275. The van der Waals surface area contributed by atoms with Crippen molar-refractivity contribution >= 4 is 0 Å². The van der Waals surface area contributed by atoms with E-state index in [0.29, 0.717) is 5.41 Å². The third kappa shape index (κ3) is 1.63. The van der Waals surface area contributed by atoms with E-state index in [1.54, 1.807) is 5.56 Å². The van der Waals surface area contributed by atoms with Crippen LogP contribution in [-0.2, 0) is 0 Å². The van der Waals surface area contributed by atoms with E-state index in [4.69, 9.17) is 0 Å². The van der Waals surface area contributed by atoms with Crippen molar-refractivity contribution in [2.75, 3.05) is 0 Å². The molecule has 1 saturated carbocycles. The maximum atomic E-state index is 2.42. The molecule has 13 heavy (non-hydrogen) atoms. The fourth-order valence-electron chi connectivity index (χ4n) is 2.46. The molecule has 0 aliphatic heterocycles. The Hall–Kier alpha value is -0.780. The molecule has 0 nitrogen and oxygen atoms in total. The summed E-state index contributed by atoms with van der Waals surface area (Å²) in [7, 11) is 0. The molecular weight excluding hydrogens is 156 g/mol. The maximum Gasteiger partial charge on any atom is -0.0102 e. The van der Waals surface area contributed by atoms with Crippen LogP contribution in [0.2, 0.25) is 0 Å². The second kappa shape index (κ2) is 3.17. The zero-order valence-corrected chi connectivity index (χ0v) is 8.59. The maximum absolute atomic E-state index is 2.42. The minimum Gasteiger partial charge on any atom is -0.0654 e.